The van der Waals surface area contributed by atoms with Gasteiger partial charge in [-0.3, -0.25) is 9.48 Å². The summed E-state index contributed by atoms with van der Waals surface area (Å²) in [5, 5.41) is 5.99. The maximum Gasteiger partial charge on any atom is 0.435 e. The van der Waals surface area contributed by atoms with Gasteiger partial charge in [-0.1, -0.05) is 0 Å². The van der Waals surface area contributed by atoms with E-state index >= 15 is 0 Å². The van der Waals surface area contributed by atoms with Crippen LogP contribution in [0.3, 0.4) is 0 Å². The van der Waals surface area contributed by atoms with Crippen LogP contribution in [0.1, 0.15) is 26.0 Å². The monoisotopic (exact) mass is 249 g/mol. The molecule has 17 heavy (non-hydrogen) atoms. The fourth-order valence-electron chi connectivity index (χ4n) is 1.25. The summed E-state index contributed by atoms with van der Waals surface area (Å²) in [6.07, 6.45) is -3.12. The molecule has 1 heterocycles. The lowest BCUT2D eigenvalue weighted by Gasteiger charge is -2.08. The van der Waals surface area contributed by atoms with Crippen LogP contribution in [0.2, 0.25) is 0 Å². The zero-order chi connectivity index (χ0) is 13.1. The number of carbonyl (C=O) groups excluding carboxylic acids is 1. The highest BCUT2D eigenvalue weighted by atomic mass is 19.4. The van der Waals surface area contributed by atoms with Gasteiger partial charge in [-0.25, -0.2) is 0 Å². The summed E-state index contributed by atoms with van der Waals surface area (Å²) in [5.41, 5.74) is -0.943. The second kappa shape index (κ2) is 5.20. The van der Waals surface area contributed by atoms with Gasteiger partial charge in [0.15, 0.2) is 5.69 Å². The van der Waals surface area contributed by atoms with Gasteiger partial charge in [-0.2, -0.15) is 18.3 Å². The van der Waals surface area contributed by atoms with Gasteiger partial charge in [-0.05, 0) is 19.9 Å². The SMILES string of the molecule is CC(C)NC(=O)CCn1ccc(C(F)(F)F)n1. The van der Waals surface area contributed by atoms with E-state index in [1.165, 1.54) is 6.20 Å². The molecule has 0 atom stereocenters. The number of alkyl halides is 3. The highest BCUT2D eigenvalue weighted by Crippen LogP contribution is 2.27. The van der Waals surface area contributed by atoms with E-state index in [-0.39, 0.29) is 24.9 Å². The minimum absolute atomic E-state index is 0.0193. The van der Waals surface area contributed by atoms with Crippen molar-refractivity contribution < 1.29 is 18.0 Å². The molecule has 0 aliphatic rings. The summed E-state index contributed by atoms with van der Waals surface area (Å²) in [4.78, 5) is 11.3. The van der Waals surface area contributed by atoms with Gasteiger partial charge >= 0.3 is 6.18 Å². The highest BCUT2D eigenvalue weighted by Gasteiger charge is 2.33. The van der Waals surface area contributed by atoms with Crippen LogP contribution in [0, 0.1) is 0 Å². The molecule has 1 aromatic heterocycles. The Balaban J connectivity index is 2.48. The van der Waals surface area contributed by atoms with Crippen molar-refractivity contribution in [3.63, 3.8) is 0 Å². The summed E-state index contributed by atoms with van der Waals surface area (Å²) in [6.45, 7) is 3.76. The summed E-state index contributed by atoms with van der Waals surface area (Å²) in [7, 11) is 0. The van der Waals surface area contributed by atoms with Crippen LogP contribution in [0.5, 0.6) is 0 Å². The van der Waals surface area contributed by atoms with Crippen LogP contribution in [0.25, 0.3) is 0 Å². The first-order valence-electron chi connectivity index (χ1n) is 5.19. The van der Waals surface area contributed by atoms with E-state index in [0.29, 0.717) is 0 Å². The number of halogens is 3. The fraction of sp³-hybridized carbons (Fsp3) is 0.600. The van der Waals surface area contributed by atoms with Crippen molar-refractivity contribution in [2.75, 3.05) is 0 Å². The lowest BCUT2D eigenvalue weighted by Crippen LogP contribution is -2.30. The standard InChI is InChI=1S/C10H14F3N3O/c1-7(2)14-9(17)4-6-16-5-3-8(15-16)10(11,12)13/h3,5,7H,4,6H2,1-2H3,(H,14,17). The number of nitrogens with one attached hydrogen (secondary N) is 1. The van der Waals surface area contributed by atoms with Crippen LogP contribution >= 0.6 is 0 Å². The fourth-order valence-corrected chi connectivity index (χ4v) is 1.25. The van der Waals surface area contributed by atoms with Gasteiger partial charge < -0.3 is 5.32 Å². The van der Waals surface area contributed by atoms with E-state index in [1.807, 2.05) is 13.8 Å². The molecule has 0 aromatic carbocycles. The number of amides is 1. The second-order valence-corrected chi connectivity index (χ2v) is 3.93. The predicted molar refractivity (Wildman–Crippen MR) is 55.1 cm³/mol. The number of hydrogen-bond donors (Lipinski definition) is 1. The molecule has 1 rings (SSSR count). The Bertz CT molecular complexity index is 384. The molecular weight excluding hydrogens is 235 g/mol. The third-order valence-corrected chi connectivity index (χ3v) is 1.95. The van der Waals surface area contributed by atoms with E-state index in [4.69, 9.17) is 0 Å². The maximum atomic E-state index is 12.2. The average molecular weight is 249 g/mol. The van der Waals surface area contributed by atoms with Crippen LogP contribution in [-0.2, 0) is 17.5 Å². The quantitative estimate of drug-likeness (QED) is 0.884. The predicted octanol–water partition coefficient (Wildman–Crippen LogP) is 1.82. The first-order valence-corrected chi connectivity index (χ1v) is 5.19. The number of hydrogen-bond acceptors (Lipinski definition) is 2. The molecule has 0 spiro atoms. The van der Waals surface area contributed by atoms with Gasteiger partial charge in [0.1, 0.15) is 0 Å². The Morgan fingerprint density at radius 2 is 2.18 bits per heavy atom. The highest BCUT2D eigenvalue weighted by molar-refractivity contribution is 5.76. The van der Waals surface area contributed by atoms with Crippen molar-refractivity contribution in [3.05, 3.63) is 18.0 Å². The second-order valence-electron chi connectivity index (χ2n) is 3.93. The molecule has 0 saturated heterocycles. The van der Waals surface area contributed by atoms with Crippen molar-refractivity contribution in [1.29, 1.82) is 0 Å². The molecule has 96 valence electrons. The Labute approximate surface area is 96.8 Å². The van der Waals surface area contributed by atoms with Gasteiger partial charge in [0.25, 0.3) is 0 Å². The van der Waals surface area contributed by atoms with E-state index < -0.39 is 11.9 Å². The normalized spacial score (nSPS) is 11.9. The molecule has 1 N–H and O–H groups in total. The molecule has 1 aromatic rings. The minimum atomic E-state index is -4.44. The lowest BCUT2D eigenvalue weighted by molar-refractivity contribution is -0.141. The van der Waals surface area contributed by atoms with Gasteiger partial charge in [-0.15, -0.1) is 0 Å². The Kier molecular flexibility index (Phi) is 4.14. The smallest absolute Gasteiger partial charge is 0.354 e. The van der Waals surface area contributed by atoms with E-state index in [0.717, 1.165) is 10.7 Å². The van der Waals surface area contributed by atoms with E-state index in [1.54, 1.807) is 0 Å². The molecule has 0 radical (unpaired) electrons. The largest absolute Gasteiger partial charge is 0.435 e. The summed E-state index contributed by atoms with van der Waals surface area (Å²) in [5.74, 6) is -0.205. The van der Waals surface area contributed by atoms with Gasteiger partial charge in [0.05, 0.1) is 0 Å². The number of aromatic nitrogens is 2. The lowest BCUT2D eigenvalue weighted by atomic mass is 10.3. The van der Waals surface area contributed by atoms with E-state index in [9.17, 15) is 18.0 Å². The summed E-state index contributed by atoms with van der Waals surface area (Å²) < 4.78 is 37.8. The third kappa shape index (κ3) is 4.46. The topological polar surface area (TPSA) is 46.9 Å². The van der Waals surface area contributed by atoms with Crippen LogP contribution in [-0.4, -0.2) is 21.7 Å². The zero-order valence-corrected chi connectivity index (χ0v) is 9.58. The number of aryl methyl sites for hydroxylation is 1. The molecule has 0 aliphatic carbocycles. The van der Waals surface area contributed by atoms with Crippen molar-refractivity contribution in [2.24, 2.45) is 0 Å². The Morgan fingerprint density at radius 1 is 1.53 bits per heavy atom. The Hall–Kier alpha value is -1.53. The van der Waals surface area contributed by atoms with Crippen molar-refractivity contribution >= 4 is 5.91 Å². The minimum Gasteiger partial charge on any atom is -0.354 e. The molecule has 1 amide bonds. The molecule has 0 saturated carbocycles. The molecule has 0 unspecified atom stereocenters. The first-order chi connectivity index (χ1) is 7.79. The van der Waals surface area contributed by atoms with Crippen LogP contribution in [0.15, 0.2) is 12.3 Å². The molecule has 0 fully saturated rings. The van der Waals surface area contributed by atoms with Crippen molar-refractivity contribution in [2.45, 2.75) is 39.0 Å². The van der Waals surface area contributed by atoms with Crippen molar-refractivity contribution in [1.82, 2.24) is 15.1 Å². The molecule has 0 aliphatic heterocycles. The maximum absolute atomic E-state index is 12.2. The van der Waals surface area contributed by atoms with Crippen LogP contribution < -0.4 is 5.32 Å². The van der Waals surface area contributed by atoms with Crippen LogP contribution in [0.4, 0.5) is 13.2 Å². The van der Waals surface area contributed by atoms with Crippen molar-refractivity contribution in [3.8, 4) is 0 Å². The number of rotatable bonds is 4. The van der Waals surface area contributed by atoms with E-state index in [2.05, 4.69) is 10.4 Å². The zero-order valence-electron chi connectivity index (χ0n) is 9.58. The molecule has 7 heteroatoms. The third-order valence-electron chi connectivity index (χ3n) is 1.95. The molecule has 0 bridgehead atoms. The molecule has 4 nitrogen and oxygen atoms in total. The number of nitrogens with zero attached hydrogens (tertiary/aromatic N) is 2. The Morgan fingerprint density at radius 3 is 2.65 bits per heavy atom. The number of carbonyl (C=O) groups is 1. The average Bonchev–Trinajstić information content (AvgIpc) is 2.61. The van der Waals surface area contributed by atoms with Gasteiger partial charge in [0.2, 0.25) is 5.91 Å². The first kappa shape index (κ1) is 13.5. The van der Waals surface area contributed by atoms with Gasteiger partial charge in [0, 0.05) is 25.2 Å². The summed E-state index contributed by atoms with van der Waals surface area (Å²) >= 11 is 0. The molecular formula is C10H14F3N3O. The summed E-state index contributed by atoms with van der Waals surface area (Å²) in [6, 6.07) is 0.909.